The predicted molar refractivity (Wildman–Crippen MR) is 63.2 cm³/mol. The maximum Gasteiger partial charge on any atom is 0.111 e. The Bertz CT molecular complexity index is 394. The molecule has 2 rings (SSSR count). The highest BCUT2D eigenvalue weighted by Crippen LogP contribution is 2.30. The van der Waals surface area contributed by atoms with Gasteiger partial charge in [-0.1, -0.05) is 36.4 Å². The van der Waals surface area contributed by atoms with Crippen LogP contribution in [0.2, 0.25) is 0 Å². The second-order valence-electron chi connectivity index (χ2n) is 3.86. The summed E-state index contributed by atoms with van der Waals surface area (Å²) in [5, 5.41) is 9.22. The third-order valence-corrected chi connectivity index (χ3v) is 2.96. The third-order valence-electron chi connectivity index (χ3n) is 2.54. The number of alkyl halides is 1. The SMILES string of the molecule is OC1=CCC(Cl)(Cc2ccccc2)C=C1. The number of aliphatic hydroxyl groups is 1. The monoisotopic (exact) mass is 220 g/mol. The highest BCUT2D eigenvalue weighted by Gasteiger charge is 2.25. The van der Waals surface area contributed by atoms with E-state index in [2.05, 4.69) is 12.1 Å². The first-order chi connectivity index (χ1) is 7.18. The number of hydrogen-bond donors (Lipinski definition) is 1. The van der Waals surface area contributed by atoms with Crippen LogP contribution in [0.3, 0.4) is 0 Å². The van der Waals surface area contributed by atoms with Gasteiger partial charge in [0.05, 0.1) is 4.87 Å². The van der Waals surface area contributed by atoms with E-state index >= 15 is 0 Å². The van der Waals surface area contributed by atoms with Crippen molar-refractivity contribution in [2.75, 3.05) is 0 Å². The zero-order valence-electron chi connectivity index (χ0n) is 8.36. The molecular formula is C13H13ClO. The number of halogens is 1. The summed E-state index contributed by atoms with van der Waals surface area (Å²) in [7, 11) is 0. The van der Waals surface area contributed by atoms with E-state index in [4.69, 9.17) is 11.6 Å². The van der Waals surface area contributed by atoms with Gasteiger partial charge in [-0.05, 0) is 30.6 Å². The quantitative estimate of drug-likeness (QED) is 0.755. The van der Waals surface area contributed by atoms with E-state index in [0.717, 1.165) is 6.42 Å². The molecule has 78 valence electrons. The molecule has 0 saturated carbocycles. The van der Waals surface area contributed by atoms with Gasteiger partial charge in [0.15, 0.2) is 0 Å². The van der Waals surface area contributed by atoms with Crippen LogP contribution in [0.4, 0.5) is 0 Å². The summed E-state index contributed by atoms with van der Waals surface area (Å²) in [6, 6.07) is 10.1. The Morgan fingerprint density at radius 2 is 2.00 bits per heavy atom. The number of rotatable bonds is 2. The van der Waals surface area contributed by atoms with Crippen LogP contribution >= 0.6 is 11.6 Å². The van der Waals surface area contributed by atoms with Crippen LogP contribution in [0.15, 0.2) is 54.3 Å². The minimum Gasteiger partial charge on any atom is -0.508 e. The van der Waals surface area contributed by atoms with Gasteiger partial charge in [-0.15, -0.1) is 11.6 Å². The average molecular weight is 221 g/mol. The summed E-state index contributed by atoms with van der Waals surface area (Å²) >= 11 is 6.43. The van der Waals surface area contributed by atoms with E-state index in [1.165, 1.54) is 5.56 Å². The van der Waals surface area contributed by atoms with Crippen molar-refractivity contribution in [2.24, 2.45) is 0 Å². The Morgan fingerprint density at radius 3 is 2.60 bits per heavy atom. The van der Waals surface area contributed by atoms with E-state index < -0.39 is 0 Å². The van der Waals surface area contributed by atoms with Crippen LogP contribution in [0.5, 0.6) is 0 Å². The van der Waals surface area contributed by atoms with Gasteiger partial charge in [-0.2, -0.15) is 0 Å². The Morgan fingerprint density at radius 1 is 1.27 bits per heavy atom. The highest BCUT2D eigenvalue weighted by atomic mass is 35.5. The van der Waals surface area contributed by atoms with Gasteiger partial charge in [-0.25, -0.2) is 0 Å². The topological polar surface area (TPSA) is 20.2 Å². The predicted octanol–water partition coefficient (Wildman–Crippen LogP) is 3.61. The molecule has 0 aromatic heterocycles. The zero-order chi connectivity index (χ0) is 10.7. The lowest BCUT2D eigenvalue weighted by Gasteiger charge is -2.24. The normalized spacial score (nSPS) is 25.0. The summed E-state index contributed by atoms with van der Waals surface area (Å²) in [4.78, 5) is -0.381. The fourth-order valence-electron chi connectivity index (χ4n) is 1.71. The molecule has 0 saturated heterocycles. The van der Waals surface area contributed by atoms with Gasteiger partial charge < -0.3 is 5.11 Å². The first-order valence-electron chi connectivity index (χ1n) is 4.99. The lowest BCUT2D eigenvalue weighted by Crippen LogP contribution is -2.22. The molecule has 1 nitrogen and oxygen atoms in total. The number of allylic oxidation sites excluding steroid dienone is 3. The van der Waals surface area contributed by atoms with Crippen LogP contribution in [0, 0.1) is 0 Å². The maximum absolute atomic E-state index is 9.22. The van der Waals surface area contributed by atoms with Crippen LogP contribution in [-0.4, -0.2) is 9.98 Å². The van der Waals surface area contributed by atoms with E-state index in [1.54, 1.807) is 12.2 Å². The van der Waals surface area contributed by atoms with Crippen molar-refractivity contribution in [3.63, 3.8) is 0 Å². The van der Waals surface area contributed by atoms with Crippen molar-refractivity contribution in [3.05, 3.63) is 59.9 Å². The third kappa shape index (κ3) is 2.63. The maximum atomic E-state index is 9.22. The molecule has 0 fully saturated rings. The van der Waals surface area contributed by atoms with Crippen molar-refractivity contribution >= 4 is 11.6 Å². The molecule has 1 unspecified atom stereocenters. The van der Waals surface area contributed by atoms with E-state index in [-0.39, 0.29) is 4.87 Å². The lowest BCUT2D eigenvalue weighted by molar-refractivity contribution is 0.422. The van der Waals surface area contributed by atoms with Crippen LogP contribution in [-0.2, 0) is 6.42 Å². The standard InChI is InChI=1S/C13H13ClO/c14-13(8-6-12(15)7-9-13)10-11-4-2-1-3-5-11/h1-8,15H,9-10H2. The van der Waals surface area contributed by atoms with Crippen LogP contribution < -0.4 is 0 Å². The lowest BCUT2D eigenvalue weighted by atomic mass is 9.92. The number of benzene rings is 1. The minimum absolute atomic E-state index is 0.305. The molecular weight excluding hydrogens is 208 g/mol. The van der Waals surface area contributed by atoms with Gasteiger partial charge in [0.2, 0.25) is 0 Å². The first kappa shape index (κ1) is 10.3. The summed E-state index contributed by atoms with van der Waals surface area (Å²) in [5.41, 5.74) is 1.21. The van der Waals surface area contributed by atoms with E-state index in [0.29, 0.717) is 12.2 Å². The Balaban J connectivity index is 2.10. The second-order valence-corrected chi connectivity index (χ2v) is 4.62. The molecule has 1 N–H and O–H groups in total. The number of aliphatic hydroxyl groups excluding tert-OH is 1. The molecule has 1 atom stereocenters. The molecule has 0 spiro atoms. The molecule has 1 aliphatic rings. The van der Waals surface area contributed by atoms with Crippen molar-refractivity contribution in [1.82, 2.24) is 0 Å². The average Bonchev–Trinajstić information content (AvgIpc) is 2.24. The molecule has 0 bridgehead atoms. The van der Waals surface area contributed by atoms with Crippen molar-refractivity contribution < 1.29 is 5.11 Å². The highest BCUT2D eigenvalue weighted by molar-refractivity contribution is 6.25. The minimum atomic E-state index is -0.381. The number of hydrogen-bond acceptors (Lipinski definition) is 1. The molecule has 1 aliphatic carbocycles. The molecule has 1 aromatic carbocycles. The fraction of sp³-hybridized carbons (Fsp3) is 0.231. The Labute approximate surface area is 94.7 Å². The summed E-state index contributed by atoms with van der Waals surface area (Å²) < 4.78 is 0. The van der Waals surface area contributed by atoms with Crippen molar-refractivity contribution in [2.45, 2.75) is 17.7 Å². The first-order valence-corrected chi connectivity index (χ1v) is 5.37. The van der Waals surface area contributed by atoms with E-state index in [9.17, 15) is 5.11 Å². The van der Waals surface area contributed by atoms with Crippen molar-refractivity contribution in [3.8, 4) is 0 Å². The van der Waals surface area contributed by atoms with Gasteiger partial charge in [0.25, 0.3) is 0 Å². The van der Waals surface area contributed by atoms with E-state index in [1.807, 2.05) is 24.3 Å². The molecule has 0 aliphatic heterocycles. The fourth-order valence-corrected chi connectivity index (χ4v) is 2.01. The molecule has 0 radical (unpaired) electrons. The Kier molecular flexibility index (Phi) is 2.83. The molecule has 15 heavy (non-hydrogen) atoms. The van der Waals surface area contributed by atoms with Gasteiger partial charge >= 0.3 is 0 Å². The van der Waals surface area contributed by atoms with Gasteiger partial charge in [-0.3, -0.25) is 0 Å². The van der Waals surface area contributed by atoms with Gasteiger partial charge in [0, 0.05) is 0 Å². The smallest absolute Gasteiger partial charge is 0.111 e. The van der Waals surface area contributed by atoms with Crippen LogP contribution in [0.1, 0.15) is 12.0 Å². The summed E-state index contributed by atoms with van der Waals surface area (Å²) in [6.07, 6.45) is 6.76. The molecule has 0 heterocycles. The van der Waals surface area contributed by atoms with Crippen molar-refractivity contribution in [1.29, 1.82) is 0 Å². The summed E-state index contributed by atoms with van der Waals surface area (Å²) in [5.74, 6) is 0.305. The largest absolute Gasteiger partial charge is 0.508 e. The second kappa shape index (κ2) is 4.11. The zero-order valence-corrected chi connectivity index (χ0v) is 9.11. The molecule has 0 amide bonds. The molecule has 1 aromatic rings. The van der Waals surface area contributed by atoms with Crippen LogP contribution in [0.25, 0.3) is 0 Å². The van der Waals surface area contributed by atoms with Gasteiger partial charge in [0.1, 0.15) is 5.76 Å². The Hall–Kier alpha value is -1.21. The molecule has 2 heteroatoms. The summed E-state index contributed by atoms with van der Waals surface area (Å²) in [6.45, 7) is 0.